The van der Waals surface area contributed by atoms with E-state index < -0.39 is 11.9 Å². The molecular weight excluding hydrogens is 705 g/mol. The molecule has 0 fully saturated rings. The van der Waals surface area contributed by atoms with Crippen molar-refractivity contribution in [1.82, 2.24) is 10.4 Å². The lowest BCUT2D eigenvalue weighted by atomic mass is 10.0. The zero-order valence-corrected chi connectivity index (χ0v) is 25.6. The fraction of sp³-hybridized carbons (Fsp3) is 0. The molecule has 2 N–H and O–H groups in total. The molecule has 0 saturated carbocycles. The zero-order chi connectivity index (χ0) is 28.4. The minimum absolute atomic E-state index is 0.143. The van der Waals surface area contributed by atoms with Crippen molar-refractivity contribution in [2.24, 2.45) is 5.10 Å². The van der Waals surface area contributed by atoms with Gasteiger partial charge in [0.05, 0.1) is 21.3 Å². The monoisotopic (exact) mass is 717 g/mol. The first-order chi connectivity index (χ1) is 19.2. The molecule has 6 nitrogen and oxygen atoms in total. The average Bonchev–Trinajstić information content (AvgIpc) is 3.29. The topological polar surface area (TPSA) is 83.5 Å². The van der Waals surface area contributed by atoms with Crippen LogP contribution in [0.25, 0.3) is 22.0 Å². The number of hydrogen-bond acceptors (Lipinski definition) is 4. The van der Waals surface area contributed by atoms with Crippen molar-refractivity contribution in [3.63, 3.8) is 0 Å². The molecule has 1 heterocycles. The van der Waals surface area contributed by atoms with Crippen molar-refractivity contribution >= 4 is 95.7 Å². The number of aromatic amines is 1. The van der Waals surface area contributed by atoms with Crippen LogP contribution in [-0.4, -0.2) is 23.1 Å². The van der Waals surface area contributed by atoms with E-state index in [1.165, 1.54) is 18.3 Å². The Kier molecular flexibility index (Phi) is 8.63. The van der Waals surface area contributed by atoms with E-state index in [-0.39, 0.29) is 16.3 Å². The van der Waals surface area contributed by atoms with Gasteiger partial charge < -0.3 is 9.72 Å². The summed E-state index contributed by atoms with van der Waals surface area (Å²) in [5.41, 5.74) is 5.73. The van der Waals surface area contributed by atoms with Crippen LogP contribution in [-0.2, 0) is 0 Å². The smallest absolute Gasteiger partial charge is 0.345 e. The van der Waals surface area contributed by atoms with E-state index in [2.05, 4.69) is 47.4 Å². The highest BCUT2D eigenvalue weighted by Gasteiger charge is 2.20. The molecule has 0 aliphatic rings. The summed E-state index contributed by atoms with van der Waals surface area (Å²) >= 11 is 25.2. The third kappa shape index (κ3) is 6.11. The molecule has 5 rings (SSSR count). The fourth-order valence-electron chi connectivity index (χ4n) is 4.04. The summed E-state index contributed by atoms with van der Waals surface area (Å²) in [6, 6.07) is 22.8. The van der Waals surface area contributed by atoms with E-state index in [1.807, 2.05) is 42.5 Å². The highest BCUT2D eigenvalue weighted by atomic mass is 79.9. The number of halogens is 5. The summed E-state index contributed by atoms with van der Waals surface area (Å²) < 4.78 is 6.82. The van der Waals surface area contributed by atoms with Gasteiger partial charge >= 0.3 is 5.97 Å². The first-order valence-electron chi connectivity index (χ1n) is 11.6. The number of amides is 1. The number of nitrogens with one attached hydrogen (secondary N) is 2. The average molecular weight is 721 g/mol. The van der Waals surface area contributed by atoms with E-state index in [0.29, 0.717) is 35.8 Å². The normalized spacial score (nSPS) is 11.2. The molecule has 1 amide bonds. The van der Waals surface area contributed by atoms with E-state index in [0.717, 1.165) is 16.5 Å². The molecular formula is C29H16Br2Cl3N3O3. The Morgan fingerprint density at radius 2 is 1.62 bits per heavy atom. The second-order valence-electron chi connectivity index (χ2n) is 8.45. The lowest BCUT2D eigenvalue weighted by Gasteiger charge is -2.11. The van der Waals surface area contributed by atoms with Crippen LogP contribution < -0.4 is 10.2 Å². The molecule has 200 valence electrons. The Hall–Kier alpha value is -3.14. The molecule has 40 heavy (non-hydrogen) atoms. The van der Waals surface area contributed by atoms with Crippen LogP contribution in [0, 0.1) is 0 Å². The van der Waals surface area contributed by atoms with Gasteiger partial charge in [-0.3, -0.25) is 4.79 Å². The van der Waals surface area contributed by atoms with Crippen molar-refractivity contribution in [3.8, 4) is 16.9 Å². The molecule has 0 aliphatic carbocycles. The second-order valence-corrected chi connectivity index (χ2v) is 11.5. The SMILES string of the molecule is O=C(Oc1c(Br)cc(Br)cc1C=NNC(=O)c1[nH]c2ccc(Cl)cc2c1-c1ccccc1)c1ccc(Cl)cc1Cl. The maximum atomic E-state index is 13.3. The highest BCUT2D eigenvalue weighted by molar-refractivity contribution is 9.11. The summed E-state index contributed by atoms with van der Waals surface area (Å²) in [6.07, 6.45) is 1.38. The molecule has 0 saturated heterocycles. The lowest BCUT2D eigenvalue weighted by Crippen LogP contribution is -2.19. The standard InChI is InChI=1S/C29H16Br2Cl3N3O3/c30-17-10-16(27(22(31)11-17)40-29(39)20-8-6-19(33)13-23(20)34)14-35-37-28(38)26-25(15-4-2-1-3-5-15)21-12-18(32)7-9-24(21)36-26/h1-14,36H,(H,37,38). The van der Waals surface area contributed by atoms with E-state index in [9.17, 15) is 9.59 Å². The van der Waals surface area contributed by atoms with Gasteiger partial charge in [0.15, 0.2) is 5.75 Å². The van der Waals surface area contributed by atoms with Crippen LogP contribution in [0.1, 0.15) is 26.4 Å². The van der Waals surface area contributed by atoms with Crippen LogP contribution in [0.15, 0.2) is 92.9 Å². The minimum atomic E-state index is -0.687. The third-order valence-electron chi connectivity index (χ3n) is 5.80. The summed E-state index contributed by atoms with van der Waals surface area (Å²) in [5, 5.41) is 6.05. The van der Waals surface area contributed by atoms with Crippen molar-refractivity contribution in [3.05, 3.63) is 120 Å². The second kappa shape index (κ2) is 12.2. The minimum Gasteiger partial charge on any atom is -0.421 e. The van der Waals surface area contributed by atoms with E-state index >= 15 is 0 Å². The number of nitrogens with zero attached hydrogens (tertiary/aromatic N) is 1. The van der Waals surface area contributed by atoms with Crippen molar-refractivity contribution in [2.75, 3.05) is 0 Å². The van der Waals surface area contributed by atoms with Crippen molar-refractivity contribution in [1.29, 1.82) is 0 Å². The molecule has 0 bridgehead atoms. The number of aromatic nitrogens is 1. The molecule has 0 radical (unpaired) electrons. The largest absolute Gasteiger partial charge is 0.421 e. The van der Waals surface area contributed by atoms with Gasteiger partial charge in [-0.1, -0.05) is 81.1 Å². The molecule has 11 heteroatoms. The Balaban J connectivity index is 1.44. The zero-order valence-electron chi connectivity index (χ0n) is 20.1. The van der Waals surface area contributed by atoms with Gasteiger partial charge in [0.1, 0.15) is 5.69 Å². The summed E-state index contributed by atoms with van der Waals surface area (Å²) in [6.45, 7) is 0. The first kappa shape index (κ1) is 28.4. The maximum absolute atomic E-state index is 13.3. The number of rotatable bonds is 6. The van der Waals surface area contributed by atoms with Gasteiger partial charge in [0, 0.05) is 36.5 Å². The molecule has 5 aromatic rings. The Morgan fingerprint density at radius 3 is 2.38 bits per heavy atom. The van der Waals surface area contributed by atoms with Gasteiger partial charge in [-0.05, 0) is 70.0 Å². The first-order valence-corrected chi connectivity index (χ1v) is 14.3. The quantitative estimate of drug-likeness (QED) is 0.0794. The molecule has 1 aromatic heterocycles. The summed E-state index contributed by atoms with van der Waals surface area (Å²) in [7, 11) is 0. The van der Waals surface area contributed by atoms with Gasteiger partial charge in [-0.2, -0.15) is 5.10 Å². The number of ether oxygens (including phenoxy) is 1. The number of benzene rings is 4. The summed E-state index contributed by atoms with van der Waals surface area (Å²) in [5.74, 6) is -0.974. The number of hydrazone groups is 1. The fourth-order valence-corrected chi connectivity index (χ4v) is 6.04. The van der Waals surface area contributed by atoms with E-state index in [1.54, 1.807) is 24.3 Å². The Morgan fingerprint density at radius 1 is 0.900 bits per heavy atom. The van der Waals surface area contributed by atoms with Gasteiger partial charge in [-0.25, -0.2) is 10.2 Å². The van der Waals surface area contributed by atoms with E-state index in [4.69, 9.17) is 39.5 Å². The van der Waals surface area contributed by atoms with Gasteiger partial charge in [0.2, 0.25) is 0 Å². The molecule has 0 aliphatic heterocycles. The number of esters is 1. The lowest BCUT2D eigenvalue weighted by molar-refractivity contribution is 0.0733. The van der Waals surface area contributed by atoms with Crippen molar-refractivity contribution < 1.29 is 14.3 Å². The number of carbonyl (C=O) groups is 2. The van der Waals surface area contributed by atoms with Crippen LogP contribution in [0.4, 0.5) is 0 Å². The predicted molar refractivity (Wildman–Crippen MR) is 167 cm³/mol. The number of hydrogen-bond donors (Lipinski definition) is 2. The van der Waals surface area contributed by atoms with Crippen LogP contribution in [0.3, 0.4) is 0 Å². The highest BCUT2D eigenvalue weighted by Crippen LogP contribution is 2.35. The van der Waals surface area contributed by atoms with Gasteiger partial charge in [0.25, 0.3) is 5.91 Å². The maximum Gasteiger partial charge on any atom is 0.345 e. The predicted octanol–water partition coefficient (Wildman–Crippen LogP) is 9.30. The molecule has 4 aromatic carbocycles. The van der Waals surface area contributed by atoms with Gasteiger partial charge in [-0.15, -0.1) is 0 Å². The number of carbonyl (C=O) groups excluding carboxylic acids is 2. The van der Waals surface area contributed by atoms with Crippen LogP contribution >= 0.6 is 66.7 Å². The molecule has 0 spiro atoms. The van der Waals surface area contributed by atoms with Crippen molar-refractivity contribution in [2.45, 2.75) is 0 Å². The number of fused-ring (bicyclic) bond motifs is 1. The Labute approximate surface area is 260 Å². The Bertz CT molecular complexity index is 1810. The molecule has 0 unspecified atom stereocenters. The van der Waals surface area contributed by atoms with Crippen LogP contribution in [0.5, 0.6) is 5.75 Å². The molecule has 0 atom stereocenters. The third-order valence-corrected chi connectivity index (χ3v) is 7.63. The summed E-state index contributed by atoms with van der Waals surface area (Å²) in [4.78, 5) is 29.4. The van der Waals surface area contributed by atoms with Crippen LogP contribution in [0.2, 0.25) is 15.1 Å². The number of H-pyrrole nitrogens is 1.